The first-order valence-corrected chi connectivity index (χ1v) is 10.2. The second kappa shape index (κ2) is 6.91. The van der Waals surface area contributed by atoms with Gasteiger partial charge in [-0.2, -0.15) is 0 Å². The molecule has 1 aliphatic heterocycles. The molecule has 0 bridgehead atoms. The molecule has 1 aromatic heterocycles. The molecule has 3 nitrogen and oxygen atoms in total. The van der Waals surface area contributed by atoms with Crippen LogP contribution in [0.25, 0.3) is 11.1 Å². The fourth-order valence-electron chi connectivity index (χ4n) is 5.08. The minimum Gasteiger partial charge on any atom is -0.506 e. The third kappa shape index (κ3) is 2.81. The van der Waals surface area contributed by atoms with E-state index in [0.717, 1.165) is 25.8 Å². The largest absolute Gasteiger partial charge is 0.506 e. The van der Waals surface area contributed by atoms with Crippen LogP contribution in [0.15, 0.2) is 54.9 Å². The van der Waals surface area contributed by atoms with Crippen molar-refractivity contribution in [1.82, 2.24) is 9.88 Å². The SMILES string of the molecule is CN1CCc2cc(Cl)c(O)cc2[C@H]2c3cccc(-c4ccncc4)c3CC[C@@H]21. The summed E-state index contributed by atoms with van der Waals surface area (Å²) in [7, 11) is 2.22. The number of benzene rings is 2. The Balaban J connectivity index is 1.72. The molecule has 1 aliphatic carbocycles. The van der Waals surface area contributed by atoms with Crippen LogP contribution in [0.2, 0.25) is 5.02 Å². The Kier molecular flexibility index (Phi) is 4.37. The number of aromatic hydroxyl groups is 1. The quantitative estimate of drug-likeness (QED) is 0.632. The lowest BCUT2D eigenvalue weighted by molar-refractivity contribution is 0.214. The van der Waals surface area contributed by atoms with Crippen LogP contribution >= 0.6 is 11.6 Å². The molecular weight excluding hydrogens is 368 g/mol. The normalized spacial score (nSPS) is 21.4. The van der Waals surface area contributed by atoms with Gasteiger partial charge in [0.25, 0.3) is 0 Å². The molecule has 0 saturated heterocycles. The summed E-state index contributed by atoms with van der Waals surface area (Å²) >= 11 is 6.25. The molecule has 0 spiro atoms. The average molecular weight is 391 g/mol. The van der Waals surface area contributed by atoms with Gasteiger partial charge < -0.3 is 10.0 Å². The fourth-order valence-corrected chi connectivity index (χ4v) is 5.27. The molecule has 5 rings (SSSR count). The first-order chi connectivity index (χ1) is 13.6. The van der Waals surface area contributed by atoms with E-state index in [1.165, 1.54) is 33.4 Å². The van der Waals surface area contributed by atoms with Crippen LogP contribution in [-0.2, 0) is 12.8 Å². The Hall–Kier alpha value is -2.36. The van der Waals surface area contributed by atoms with E-state index in [2.05, 4.69) is 47.3 Å². The van der Waals surface area contributed by atoms with Crippen molar-refractivity contribution in [2.45, 2.75) is 31.2 Å². The molecule has 2 heterocycles. The van der Waals surface area contributed by atoms with E-state index in [1.54, 1.807) is 0 Å². The van der Waals surface area contributed by atoms with Gasteiger partial charge in [0.2, 0.25) is 0 Å². The lowest BCUT2D eigenvalue weighted by atomic mass is 9.72. The molecule has 0 fully saturated rings. The minimum absolute atomic E-state index is 0.182. The Morgan fingerprint density at radius 3 is 2.71 bits per heavy atom. The second-order valence-electron chi connectivity index (χ2n) is 7.93. The smallest absolute Gasteiger partial charge is 0.134 e. The maximum atomic E-state index is 10.4. The number of halogens is 1. The zero-order chi connectivity index (χ0) is 19.3. The summed E-state index contributed by atoms with van der Waals surface area (Å²) in [6.45, 7) is 1.01. The second-order valence-corrected chi connectivity index (χ2v) is 8.33. The molecule has 1 N–H and O–H groups in total. The molecule has 2 aromatic carbocycles. The zero-order valence-corrected chi connectivity index (χ0v) is 16.7. The summed E-state index contributed by atoms with van der Waals surface area (Å²) in [6.07, 6.45) is 6.84. The molecule has 0 amide bonds. The molecule has 0 radical (unpaired) electrons. The molecule has 3 aromatic rings. The highest BCUT2D eigenvalue weighted by atomic mass is 35.5. The number of nitrogens with zero attached hydrogens (tertiary/aromatic N) is 2. The summed E-state index contributed by atoms with van der Waals surface area (Å²) in [6, 6.07) is 15.1. The predicted molar refractivity (Wildman–Crippen MR) is 113 cm³/mol. The summed E-state index contributed by atoms with van der Waals surface area (Å²) in [4.78, 5) is 6.66. The molecule has 28 heavy (non-hydrogen) atoms. The molecule has 142 valence electrons. The highest BCUT2D eigenvalue weighted by Crippen LogP contribution is 2.46. The van der Waals surface area contributed by atoms with Gasteiger partial charge in [0.1, 0.15) is 5.75 Å². The topological polar surface area (TPSA) is 36.4 Å². The van der Waals surface area contributed by atoms with Gasteiger partial charge in [-0.25, -0.2) is 0 Å². The van der Waals surface area contributed by atoms with Crippen molar-refractivity contribution in [1.29, 1.82) is 0 Å². The van der Waals surface area contributed by atoms with Gasteiger partial charge in [-0.15, -0.1) is 0 Å². The van der Waals surface area contributed by atoms with Gasteiger partial charge >= 0.3 is 0 Å². The van der Waals surface area contributed by atoms with Crippen molar-refractivity contribution in [2.24, 2.45) is 0 Å². The number of aromatic nitrogens is 1. The lowest BCUT2D eigenvalue weighted by Gasteiger charge is -2.39. The van der Waals surface area contributed by atoms with Gasteiger partial charge in [-0.05, 0) is 84.0 Å². The highest BCUT2D eigenvalue weighted by molar-refractivity contribution is 6.32. The van der Waals surface area contributed by atoms with E-state index >= 15 is 0 Å². The summed E-state index contributed by atoms with van der Waals surface area (Å²) in [5, 5.41) is 10.8. The number of rotatable bonds is 1. The fraction of sp³-hybridized carbons (Fsp3) is 0.292. The molecule has 4 heteroatoms. The van der Waals surface area contributed by atoms with Gasteiger partial charge in [-0.1, -0.05) is 29.8 Å². The number of phenols is 1. The van der Waals surface area contributed by atoms with Crippen molar-refractivity contribution in [2.75, 3.05) is 13.6 Å². The Bertz CT molecular complexity index is 1030. The summed E-state index contributed by atoms with van der Waals surface area (Å²) in [5.74, 6) is 0.428. The monoisotopic (exact) mass is 390 g/mol. The third-order valence-electron chi connectivity index (χ3n) is 6.46. The Morgan fingerprint density at radius 2 is 1.89 bits per heavy atom. The van der Waals surface area contributed by atoms with E-state index < -0.39 is 0 Å². The average Bonchev–Trinajstić information content (AvgIpc) is 2.86. The van der Waals surface area contributed by atoms with E-state index in [4.69, 9.17) is 11.6 Å². The predicted octanol–water partition coefficient (Wildman–Crippen LogP) is 5.04. The van der Waals surface area contributed by atoms with Crippen LogP contribution in [0.4, 0.5) is 0 Å². The minimum atomic E-state index is 0.182. The Morgan fingerprint density at radius 1 is 1.07 bits per heavy atom. The number of hydrogen-bond donors (Lipinski definition) is 1. The summed E-state index contributed by atoms with van der Waals surface area (Å²) < 4.78 is 0. The van der Waals surface area contributed by atoms with Gasteiger partial charge in [0.15, 0.2) is 0 Å². The van der Waals surface area contributed by atoms with Crippen molar-refractivity contribution >= 4 is 11.6 Å². The van der Waals surface area contributed by atoms with Crippen LogP contribution < -0.4 is 0 Å². The first kappa shape index (κ1) is 17.7. The van der Waals surface area contributed by atoms with Crippen molar-refractivity contribution in [3.63, 3.8) is 0 Å². The zero-order valence-electron chi connectivity index (χ0n) is 15.9. The maximum absolute atomic E-state index is 10.4. The number of phenolic OH excluding ortho intramolecular Hbond substituents is 1. The molecular formula is C24H23ClN2O. The number of fused-ring (bicyclic) bond motifs is 5. The van der Waals surface area contributed by atoms with Crippen LogP contribution in [0.1, 0.15) is 34.6 Å². The maximum Gasteiger partial charge on any atom is 0.134 e. The highest BCUT2D eigenvalue weighted by Gasteiger charge is 2.37. The van der Waals surface area contributed by atoms with Crippen LogP contribution in [0.5, 0.6) is 5.75 Å². The van der Waals surface area contributed by atoms with E-state index in [1.807, 2.05) is 24.5 Å². The first-order valence-electron chi connectivity index (χ1n) is 9.87. The molecule has 0 unspecified atom stereocenters. The van der Waals surface area contributed by atoms with E-state index in [0.29, 0.717) is 11.1 Å². The van der Waals surface area contributed by atoms with Gasteiger partial charge in [0, 0.05) is 30.9 Å². The van der Waals surface area contributed by atoms with Crippen LogP contribution in [-0.4, -0.2) is 34.6 Å². The van der Waals surface area contributed by atoms with E-state index in [-0.39, 0.29) is 11.7 Å². The van der Waals surface area contributed by atoms with Gasteiger partial charge in [0.05, 0.1) is 5.02 Å². The summed E-state index contributed by atoms with van der Waals surface area (Å²) in [5.41, 5.74) is 7.79. The molecule has 2 aliphatic rings. The molecule has 2 atom stereocenters. The van der Waals surface area contributed by atoms with Crippen molar-refractivity contribution in [3.8, 4) is 16.9 Å². The van der Waals surface area contributed by atoms with Crippen LogP contribution in [0, 0.1) is 0 Å². The van der Waals surface area contributed by atoms with Gasteiger partial charge in [-0.3, -0.25) is 4.98 Å². The van der Waals surface area contributed by atoms with Crippen molar-refractivity contribution < 1.29 is 5.11 Å². The van der Waals surface area contributed by atoms with Crippen LogP contribution in [0.3, 0.4) is 0 Å². The Labute approximate surface area is 170 Å². The van der Waals surface area contributed by atoms with E-state index in [9.17, 15) is 5.11 Å². The lowest BCUT2D eigenvalue weighted by Crippen LogP contribution is -2.39. The number of likely N-dealkylation sites (N-methyl/N-ethyl adjacent to an activating group) is 1. The molecule has 0 saturated carbocycles. The number of hydrogen-bond acceptors (Lipinski definition) is 3. The number of pyridine rings is 1. The van der Waals surface area contributed by atoms with Crippen molar-refractivity contribution in [3.05, 3.63) is 82.1 Å². The standard InChI is InChI=1S/C24H23ClN2O/c1-27-12-9-16-13-21(25)23(28)14-20(16)24-19-4-2-3-17(15-7-10-26-11-8-15)18(19)5-6-22(24)27/h2-4,7-8,10-11,13-14,22,24,28H,5-6,9,12H2,1H3/t22-,24+/m0/s1. The third-order valence-corrected chi connectivity index (χ3v) is 6.76.